The van der Waals surface area contributed by atoms with Crippen LogP contribution in [0.2, 0.25) is 5.02 Å². The maximum absolute atomic E-state index is 14.4. The van der Waals surface area contributed by atoms with E-state index >= 15 is 0 Å². The van der Waals surface area contributed by atoms with E-state index < -0.39 is 5.82 Å². The third kappa shape index (κ3) is 2.57. The lowest BCUT2D eigenvalue weighted by Crippen LogP contribution is -1.99. The first-order valence-corrected chi connectivity index (χ1v) is 8.12. The molecule has 4 rings (SSSR count). The van der Waals surface area contributed by atoms with Crippen LogP contribution in [0.25, 0.3) is 11.6 Å². The second-order valence-electron chi connectivity index (χ2n) is 5.81. The number of hydrogen-bond acceptors (Lipinski definition) is 3. The fraction of sp³-hybridized carbons (Fsp3) is 0.105. The molecule has 4 nitrogen and oxygen atoms in total. The zero-order valence-electron chi connectivity index (χ0n) is 13.7. The van der Waals surface area contributed by atoms with E-state index in [9.17, 15) is 4.39 Å². The Morgan fingerprint density at radius 2 is 1.96 bits per heavy atom. The number of ether oxygens (including phenoxy) is 1. The van der Waals surface area contributed by atoms with Gasteiger partial charge in [-0.25, -0.2) is 4.39 Å². The van der Waals surface area contributed by atoms with Gasteiger partial charge < -0.3 is 10.1 Å². The Morgan fingerprint density at radius 1 is 1.16 bits per heavy atom. The molecule has 0 amide bonds. The first-order chi connectivity index (χ1) is 12.1. The summed E-state index contributed by atoms with van der Waals surface area (Å²) in [5, 5.41) is 11.1. The van der Waals surface area contributed by atoms with Crippen LogP contribution in [0, 0.1) is 12.7 Å². The van der Waals surface area contributed by atoms with Crippen molar-refractivity contribution in [1.82, 2.24) is 10.2 Å². The molecular formula is C19H15ClFN3O. The van der Waals surface area contributed by atoms with Crippen molar-refractivity contribution in [2.24, 2.45) is 0 Å². The van der Waals surface area contributed by atoms with Crippen LogP contribution in [0.4, 0.5) is 15.9 Å². The third-order valence-corrected chi connectivity index (χ3v) is 4.61. The summed E-state index contributed by atoms with van der Waals surface area (Å²) in [5.41, 5.74) is 4.86. The SMILES string of the molecule is COc1cc2c(cc1F)C(c1ccccc1Cl)=Cc1c(n[nH]c1C)N2. The Morgan fingerprint density at radius 3 is 2.72 bits per heavy atom. The van der Waals surface area contributed by atoms with Gasteiger partial charge in [-0.3, -0.25) is 5.10 Å². The second kappa shape index (κ2) is 5.93. The van der Waals surface area contributed by atoms with Gasteiger partial charge in [-0.1, -0.05) is 29.8 Å². The smallest absolute Gasteiger partial charge is 0.165 e. The molecule has 126 valence electrons. The van der Waals surface area contributed by atoms with E-state index in [-0.39, 0.29) is 5.75 Å². The molecule has 1 aromatic heterocycles. The standard InChI is InChI=1S/C19H15ClFN3O/c1-10-12-7-13(11-5-3-4-6-15(11)20)14-8-16(21)18(25-2)9-17(14)22-19(12)24-23-10/h3-9H,1-2H3,(H2,22,23,24). The predicted molar refractivity (Wildman–Crippen MR) is 98.0 cm³/mol. The minimum Gasteiger partial charge on any atom is -0.494 e. The maximum Gasteiger partial charge on any atom is 0.165 e. The van der Waals surface area contributed by atoms with Crippen molar-refractivity contribution in [3.8, 4) is 5.75 Å². The molecule has 6 heteroatoms. The molecular weight excluding hydrogens is 341 g/mol. The molecule has 0 radical (unpaired) electrons. The van der Waals surface area contributed by atoms with Crippen molar-refractivity contribution in [2.45, 2.75) is 6.92 Å². The summed E-state index contributed by atoms with van der Waals surface area (Å²) in [6.07, 6.45) is 1.97. The van der Waals surface area contributed by atoms with Crippen molar-refractivity contribution in [1.29, 1.82) is 0 Å². The first-order valence-electron chi connectivity index (χ1n) is 7.75. The molecule has 0 fully saturated rings. The van der Waals surface area contributed by atoms with Gasteiger partial charge in [0, 0.05) is 33.5 Å². The highest BCUT2D eigenvalue weighted by atomic mass is 35.5. The number of fused-ring (bicyclic) bond motifs is 2. The summed E-state index contributed by atoms with van der Waals surface area (Å²) >= 11 is 6.41. The van der Waals surface area contributed by atoms with Gasteiger partial charge in [-0.05, 0) is 30.7 Å². The van der Waals surface area contributed by atoms with Crippen LogP contribution >= 0.6 is 11.6 Å². The Balaban J connectivity index is 2.04. The van der Waals surface area contributed by atoms with Crippen LogP contribution in [-0.2, 0) is 0 Å². The molecule has 3 aromatic rings. The Labute approximate surface area is 149 Å². The number of aromatic amines is 1. The molecule has 1 aliphatic heterocycles. The minimum absolute atomic E-state index is 0.167. The van der Waals surface area contributed by atoms with Gasteiger partial charge in [-0.15, -0.1) is 0 Å². The van der Waals surface area contributed by atoms with E-state index in [1.54, 1.807) is 6.07 Å². The van der Waals surface area contributed by atoms with Crippen LogP contribution in [0.1, 0.15) is 22.4 Å². The molecule has 25 heavy (non-hydrogen) atoms. The number of anilines is 2. The maximum atomic E-state index is 14.4. The molecule has 0 unspecified atom stereocenters. The zero-order valence-corrected chi connectivity index (χ0v) is 14.4. The highest BCUT2D eigenvalue weighted by Crippen LogP contribution is 2.42. The summed E-state index contributed by atoms with van der Waals surface area (Å²) in [4.78, 5) is 0. The minimum atomic E-state index is -0.432. The third-order valence-electron chi connectivity index (χ3n) is 4.28. The number of rotatable bonds is 2. The number of hydrogen-bond donors (Lipinski definition) is 2. The van der Waals surface area contributed by atoms with Crippen LogP contribution in [0.5, 0.6) is 5.75 Å². The number of nitrogens with zero attached hydrogens (tertiary/aromatic N) is 1. The number of methoxy groups -OCH3 is 1. The molecule has 0 bridgehead atoms. The lowest BCUT2D eigenvalue weighted by Gasteiger charge is -2.15. The van der Waals surface area contributed by atoms with Crippen molar-refractivity contribution >= 4 is 34.8 Å². The second-order valence-corrected chi connectivity index (χ2v) is 6.21. The van der Waals surface area contributed by atoms with E-state index in [0.717, 1.165) is 22.4 Å². The summed E-state index contributed by atoms with van der Waals surface area (Å²) in [5.74, 6) is 0.411. The zero-order chi connectivity index (χ0) is 17.6. The molecule has 0 atom stereocenters. The van der Waals surface area contributed by atoms with E-state index in [1.807, 2.05) is 37.3 Å². The summed E-state index contributed by atoms with van der Waals surface area (Å²) in [6, 6.07) is 10.6. The van der Waals surface area contributed by atoms with Gasteiger partial charge in [-0.2, -0.15) is 5.10 Å². The highest BCUT2D eigenvalue weighted by molar-refractivity contribution is 6.33. The fourth-order valence-corrected chi connectivity index (χ4v) is 3.24. The predicted octanol–water partition coefficient (Wildman–Crippen LogP) is 5.17. The molecule has 0 saturated heterocycles. The normalized spacial score (nSPS) is 12.6. The molecule has 2 aromatic carbocycles. The number of H-pyrrole nitrogens is 1. The fourth-order valence-electron chi connectivity index (χ4n) is 3.00. The quantitative estimate of drug-likeness (QED) is 0.522. The molecule has 2 heterocycles. The van der Waals surface area contributed by atoms with E-state index in [0.29, 0.717) is 22.1 Å². The number of halogens is 2. The Bertz CT molecular complexity index is 1010. The lowest BCUT2D eigenvalue weighted by molar-refractivity contribution is 0.387. The number of benzene rings is 2. The molecule has 0 aliphatic carbocycles. The molecule has 1 aliphatic rings. The summed E-state index contributed by atoms with van der Waals surface area (Å²) < 4.78 is 19.5. The Kier molecular flexibility index (Phi) is 3.73. The first kappa shape index (κ1) is 15.7. The van der Waals surface area contributed by atoms with Crippen molar-refractivity contribution in [2.75, 3.05) is 12.4 Å². The average molecular weight is 356 g/mol. The van der Waals surface area contributed by atoms with E-state index in [1.165, 1.54) is 13.2 Å². The monoisotopic (exact) mass is 355 g/mol. The van der Waals surface area contributed by atoms with Crippen molar-refractivity contribution in [3.63, 3.8) is 0 Å². The van der Waals surface area contributed by atoms with Crippen LogP contribution in [0.15, 0.2) is 36.4 Å². The molecule has 2 N–H and O–H groups in total. The van der Waals surface area contributed by atoms with Crippen LogP contribution < -0.4 is 10.1 Å². The van der Waals surface area contributed by atoms with E-state index in [4.69, 9.17) is 16.3 Å². The number of aromatic nitrogens is 2. The van der Waals surface area contributed by atoms with Gasteiger partial charge in [0.25, 0.3) is 0 Å². The molecule has 0 saturated carbocycles. The average Bonchev–Trinajstić information content (AvgIpc) is 2.86. The summed E-state index contributed by atoms with van der Waals surface area (Å²) in [7, 11) is 1.44. The van der Waals surface area contributed by atoms with Gasteiger partial charge in [0.05, 0.1) is 12.8 Å². The number of nitrogens with one attached hydrogen (secondary N) is 2. The van der Waals surface area contributed by atoms with Gasteiger partial charge in [0.1, 0.15) is 0 Å². The molecule has 0 spiro atoms. The van der Waals surface area contributed by atoms with Gasteiger partial charge >= 0.3 is 0 Å². The topological polar surface area (TPSA) is 49.9 Å². The summed E-state index contributed by atoms with van der Waals surface area (Å²) in [6.45, 7) is 1.94. The van der Waals surface area contributed by atoms with Crippen molar-refractivity contribution < 1.29 is 9.13 Å². The van der Waals surface area contributed by atoms with Crippen molar-refractivity contribution in [3.05, 3.63) is 69.6 Å². The van der Waals surface area contributed by atoms with Gasteiger partial charge in [0.15, 0.2) is 17.4 Å². The lowest BCUT2D eigenvalue weighted by atomic mass is 9.95. The number of aryl methyl sites for hydroxylation is 1. The largest absolute Gasteiger partial charge is 0.494 e. The van der Waals surface area contributed by atoms with Gasteiger partial charge in [0.2, 0.25) is 0 Å². The van der Waals surface area contributed by atoms with Crippen LogP contribution in [-0.4, -0.2) is 17.3 Å². The Hall–Kier alpha value is -2.79. The highest BCUT2D eigenvalue weighted by Gasteiger charge is 2.22. The van der Waals surface area contributed by atoms with E-state index in [2.05, 4.69) is 15.5 Å². The van der Waals surface area contributed by atoms with Crippen LogP contribution in [0.3, 0.4) is 0 Å².